The summed E-state index contributed by atoms with van der Waals surface area (Å²) in [6, 6.07) is 11.2. The number of aryl methyl sites for hydroxylation is 1. The summed E-state index contributed by atoms with van der Waals surface area (Å²) < 4.78 is 1.89. The van der Waals surface area contributed by atoms with Crippen LogP contribution in [-0.4, -0.2) is 15.3 Å². The minimum Gasteiger partial charge on any atom is -0.326 e. The Morgan fingerprint density at radius 1 is 1.33 bits per heavy atom. The molecule has 0 radical (unpaired) electrons. The second-order valence-electron chi connectivity index (χ2n) is 4.89. The molecule has 0 unspecified atom stereocenters. The summed E-state index contributed by atoms with van der Waals surface area (Å²) in [5.74, 6) is -0.113. The second kappa shape index (κ2) is 5.58. The van der Waals surface area contributed by atoms with Crippen LogP contribution in [-0.2, 0) is 11.2 Å². The first-order valence-electron chi connectivity index (χ1n) is 6.60. The zero-order valence-electron chi connectivity index (χ0n) is 11.5. The first kappa shape index (κ1) is 13.6. The summed E-state index contributed by atoms with van der Waals surface area (Å²) in [5, 5.41) is 3.47. The third-order valence-electron chi connectivity index (χ3n) is 3.21. The van der Waals surface area contributed by atoms with Crippen molar-refractivity contribution in [3.05, 3.63) is 65.1 Å². The van der Waals surface area contributed by atoms with Crippen molar-refractivity contribution in [2.24, 2.45) is 0 Å². The standard InChI is InChI=1S/C16H14ClN3O/c1-11-5-6-12(8-14(11)17)19-16(21)9-13-10-20-7-3-2-4-15(20)18-13/h2-8,10H,9H2,1H3,(H,19,21). The van der Waals surface area contributed by atoms with Gasteiger partial charge in [-0.15, -0.1) is 0 Å². The fraction of sp³-hybridized carbons (Fsp3) is 0.125. The normalized spacial score (nSPS) is 10.8. The van der Waals surface area contributed by atoms with Crippen LogP contribution in [0.1, 0.15) is 11.3 Å². The van der Waals surface area contributed by atoms with Crippen LogP contribution in [0.25, 0.3) is 5.65 Å². The number of amides is 1. The number of hydrogen-bond acceptors (Lipinski definition) is 2. The lowest BCUT2D eigenvalue weighted by atomic mass is 10.2. The summed E-state index contributed by atoms with van der Waals surface area (Å²) in [5.41, 5.74) is 3.24. The third-order valence-corrected chi connectivity index (χ3v) is 3.62. The molecule has 21 heavy (non-hydrogen) atoms. The van der Waals surface area contributed by atoms with Crippen molar-refractivity contribution < 1.29 is 4.79 Å². The number of benzene rings is 1. The molecule has 5 heteroatoms. The summed E-state index contributed by atoms with van der Waals surface area (Å²) in [4.78, 5) is 16.5. The van der Waals surface area contributed by atoms with E-state index in [9.17, 15) is 4.79 Å². The maximum atomic E-state index is 12.1. The van der Waals surface area contributed by atoms with Crippen molar-refractivity contribution in [3.63, 3.8) is 0 Å². The highest BCUT2D eigenvalue weighted by Gasteiger charge is 2.08. The Morgan fingerprint density at radius 2 is 2.19 bits per heavy atom. The number of imidazole rings is 1. The van der Waals surface area contributed by atoms with E-state index < -0.39 is 0 Å². The number of anilines is 1. The van der Waals surface area contributed by atoms with E-state index in [-0.39, 0.29) is 12.3 Å². The molecule has 0 fully saturated rings. The highest BCUT2D eigenvalue weighted by atomic mass is 35.5. The average molecular weight is 300 g/mol. The molecule has 0 aliphatic carbocycles. The average Bonchev–Trinajstić information content (AvgIpc) is 2.84. The maximum Gasteiger partial charge on any atom is 0.230 e. The van der Waals surface area contributed by atoms with Gasteiger partial charge in [0.2, 0.25) is 5.91 Å². The van der Waals surface area contributed by atoms with Gasteiger partial charge in [0.25, 0.3) is 0 Å². The fourth-order valence-corrected chi connectivity index (χ4v) is 2.29. The largest absolute Gasteiger partial charge is 0.326 e. The van der Waals surface area contributed by atoms with Gasteiger partial charge in [-0.1, -0.05) is 23.7 Å². The Balaban J connectivity index is 1.72. The lowest BCUT2D eigenvalue weighted by Crippen LogP contribution is -2.14. The second-order valence-corrected chi connectivity index (χ2v) is 5.29. The number of aromatic nitrogens is 2. The number of nitrogens with zero attached hydrogens (tertiary/aromatic N) is 2. The summed E-state index contributed by atoms with van der Waals surface area (Å²) in [6.07, 6.45) is 3.99. The van der Waals surface area contributed by atoms with E-state index in [0.29, 0.717) is 10.7 Å². The van der Waals surface area contributed by atoms with Gasteiger partial charge < -0.3 is 9.72 Å². The summed E-state index contributed by atoms with van der Waals surface area (Å²) in [6.45, 7) is 1.92. The number of rotatable bonds is 3. The molecule has 0 aliphatic heterocycles. The Hall–Kier alpha value is -2.33. The summed E-state index contributed by atoms with van der Waals surface area (Å²) in [7, 11) is 0. The molecule has 106 valence electrons. The SMILES string of the molecule is Cc1ccc(NC(=O)Cc2cn3ccccc3n2)cc1Cl. The van der Waals surface area contributed by atoms with Crippen LogP contribution in [0.15, 0.2) is 48.8 Å². The minimum absolute atomic E-state index is 0.113. The number of halogens is 1. The quantitative estimate of drug-likeness (QED) is 0.805. The van der Waals surface area contributed by atoms with E-state index in [1.54, 1.807) is 6.07 Å². The van der Waals surface area contributed by atoms with Crippen LogP contribution < -0.4 is 5.32 Å². The Kier molecular flexibility index (Phi) is 3.62. The van der Waals surface area contributed by atoms with Gasteiger partial charge in [0.1, 0.15) is 5.65 Å². The number of carbonyl (C=O) groups excluding carboxylic acids is 1. The van der Waals surface area contributed by atoms with E-state index >= 15 is 0 Å². The number of nitrogens with one attached hydrogen (secondary N) is 1. The molecular formula is C16H14ClN3O. The number of carbonyl (C=O) groups is 1. The van der Waals surface area contributed by atoms with E-state index in [2.05, 4.69) is 10.3 Å². The zero-order chi connectivity index (χ0) is 14.8. The third kappa shape index (κ3) is 3.06. The van der Waals surface area contributed by atoms with Crippen LogP contribution in [0.3, 0.4) is 0 Å². The molecule has 1 N–H and O–H groups in total. The molecule has 0 atom stereocenters. The highest BCUT2D eigenvalue weighted by Crippen LogP contribution is 2.20. The topological polar surface area (TPSA) is 46.4 Å². The molecule has 0 bridgehead atoms. The fourth-order valence-electron chi connectivity index (χ4n) is 2.11. The number of hydrogen-bond donors (Lipinski definition) is 1. The van der Waals surface area contributed by atoms with Crippen LogP contribution in [0.5, 0.6) is 0 Å². The van der Waals surface area contributed by atoms with Gasteiger partial charge in [-0.3, -0.25) is 4.79 Å². The van der Waals surface area contributed by atoms with Crippen molar-refractivity contribution in [2.75, 3.05) is 5.32 Å². The van der Waals surface area contributed by atoms with E-state index in [1.165, 1.54) is 0 Å². The molecule has 0 aliphatic rings. The van der Waals surface area contributed by atoms with Gasteiger partial charge >= 0.3 is 0 Å². The van der Waals surface area contributed by atoms with E-state index in [4.69, 9.17) is 11.6 Å². The zero-order valence-corrected chi connectivity index (χ0v) is 12.3. The smallest absolute Gasteiger partial charge is 0.230 e. The molecule has 1 amide bonds. The Bertz CT molecular complexity index is 777. The van der Waals surface area contributed by atoms with Gasteiger partial charge in [-0.2, -0.15) is 0 Å². The molecular weight excluding hydrogens is 286 g/mol. The maximum absolute atomic E-state index is 12.1. The summed E-state index contributed by atoms with van der Waals surface area (Å²) >= 11 is 6.04. The van der Waals surface area contributed by atoms with Crippen molar-refractivity contribution in [2.45, 2.75) is 13.3 Å². The predicted octanol–water partition coefficient (Wildman–Crippen LogP) is 3.48. The number of fused-ring (bicyclic) bond motifs is 1. The van der Waals surface area contributed by atoms with Crippen molar-refractivity contribution in [1.29, 1.82) is 0 Å². The van der Waals surface area contributed by atoms with Gasteiger partial charge in [-0.25, -0.2) is 4.98 Å². The van der Waals surface area contributed by atoms with Gasteiger partial charge in [0, 0.05) is 23.1 Å². The van der Waals surface area contributed by atoms with E-state index in [0.717, 1.165) is 16.9 Å². The van der Waals surface area contributed by atoms with Crippen LogP contribution in [0.4, 0.5) is 5.69 Å². The van der Waals surface area contributed by atoms with Gasteiger partial charge in [-0.05, 0) is 36.8 Å². The molecule has 2 heterocycles. The van der Waals surface area contributed by atoms with Crippen LogP contribution in [0, 0.1) is 6.92 Å². The monoisotopic (exact) mass is 299 g/mol. The number of pyridine rings is 1. The molecule has 1 aromatic carbocycles. The molecule has 2 aromatic heterocycles. The first-order valence-corrected chi connectivity index (χ1v) is 6.98. The van der Waals surface area contributed by atoms with Gasteiger partial charge in [0.05, 0.1) is 12.1 Å². The van der Waals surface area contributed by atoms with Crippen LogP contribution >= 0.6 is 11.6 Å². The molecule has 0 saturated heterocycles. The Labute approximate surface area is 127 Å². The molecule has 4 nitrogen and oxygen atoms in total. The molecule has 3 rings (SSSR count). The van der Waals surface area contributed by atoms with Crippen LogP contribution in [0.2, 0.25) is 5.02 Å². The van der Waals surface area contributed by atoms with Gasteiger partial charge in [0.15, 0.2) is 0 Å². The van der Waals surface area contributed by atoms with E-state index in [1.807, 2.05) is 54.0 Å². The molecule has 0 saturated carbocycles. The first-order chi connectivity index (χ1) is 10.1. The van der Waals surface area contributed by atoms with Crippen molar-refractivity contribution in [3.8, 4) is 0 Å². The molecule has 0 spiro atoms. The molecule has 3 aromatic rings. The predicted molar refractivity (Wildman–Crippen MR) is 83.7 cm³/mol. The minimum atomic E-state index is -0.113. The van der Waals surface area contributed by atoms with Crippen molar-refractivity contribution >= 4 is 28.8 Å². The van der Waals surface area contributed by atoms with Crippen molar-refractivity contribution in [1.82, 2.24) is 9.38 Å². The highest BCUT2D eigenvalue weighted by molar-refractivity contribution is 6.31. The Morgan fingerprint density at radius 3 is 2.95 bits per heavy atom. The lowest BCUT2D eigenvalue weighted by molar-refractivity contribution is -0.115. The lowest BCUT2D eigenvalue weighted by Gasteiger charge is -2.05.